The summed E-state index contributed by atoms with van der Waals surface area (Å²) in [6, 6.07) is 11.2. The smallest absolute Gasteiger partial charge is 0.0964 e. The van der Waals surface area contributed by atoms with Crippen molar-refractivity contribution in [1.82, 2.24) is 20.3 Å². The Labute approximate surface area is 118 Å². The average molecular weight is 272 g/mol. The maximum absolute atomic E-state index is 8.78. The van der Waals surface area contributed by atoms with Gasteiger partial charge in [0.2, 0.25) is 0 Å². The van der Waals surface area contributed by atoms with Crippen molar-refractivity contribution < 1.29 is 5.11 Å². The molecular weight excluding hydrogens is 252 g/mol. The molecule has 1 heterocycles. The summed E-state index contributed by atoms with van der Waals surface area (Å²) in [6.07, 6.45) is 3.86. The molecule has 2 N–H and O–H groups in total. The van der Waals surface area contributed by atoms with Crippen LogP contribution in [-0.2, 0) is 13.1 Å². The van der Waals surface area contributed by atoms with E-state index in [0.29, 0.717) is 12.0 Å². The fraction of sp³-hybridized carbons (Fsp3) is 0.467. The minimum atomic E-state index is 0.189. The SMILES string of the molecule is OCCCn1cc(CNC2CC2c2ccccc2)nn1. The lowest BCUT2D eigenvalue weighted by Gasteiger charge is -2.01. The van der Waals surface area contributed by atoms with E-state index in [-0.39, 0.29) is 6.61 Å². The van der Waals surface area contributed by atoms with Gasteiger partial charge in [-0.3, -0.25) is 4.68 Å². The molecule has 5 heteroatoms. The third-order valence-electron chi connectivity index (χ3n) is 3.69. The first-order valence-electron chi connectivity index (χ1n) is 7.15. The van der Waals surface area contributed by atoms with Gasteiger partial charge < -0.3 is 10.4 Å². The summed E-state index contributed by atoms with van der Waals surface area (Å²) in [5, 5.41) is 20.5. The van der Waals surface area contributed by atoms with E-state index in [0.717, 1.165) is 25.2 Å². The van der Waals surface area contributed by atoms with E-state index < -0.39 is 0 Å². The number of hydrogen-bond donors (Lipinski definition) is 2. The second kappa shape index (κ2) is 6.15. The molecule has 0 saturated heterocycles. The highest BCUT2D eigenvalue weighted by Gasteiger charge is 2.37. The first-order valence-corrected chi connectivity index (χ1v) is 7.15. The zero-order chi connectivity index (χ0) is 13.8. The highest BCUT2D eigenvalue weighted by molar-refractivity contribution is 5.27. The van der Waals surface area contributed by atoms with Crippen LogP contribution in [0.2, 0.25) is 0 Å². The summed E-state index contributed by atoms with van der Waals surface area (Å²) in [5.74, 6) is 0.639. The van der Waals surface area contributed by atoms with Gasteiger partial charge in [0.1, 0.15) is 0 Å². The molecular formula is C15H20N4O. The Morgan fingerprint density at radius 1 is 1.30 bits per heavy atom. The number of nitrogens with zero attached hydrogens (tertiary/aromatic N) is 3. The molecule has 0 aliphatic heterocycles. The molecule has 2 aromatic rings. The lowest BCUT2D eigenvalue weighted by atomic mass is 10.1. The summed E-state index contributed by atoms with van der Waals surface area (Å²) in [5.41, 5.74) is 2.37. The maximum atomic E-state index is 8.78. The molecule has 2 atom stereocenters. The van der Waals surface area contributed by atoms with Gasteiger partial charge in [-0.25, -0.2) is 0 Å². The van der Waals surface area contributed by atoms with Crippen molar-refractivity contribution in [2.24, 2.45) is 0 Å². The van der Waals surface area contributed by atoms with Crippen molar-refractivity contribution in [1.29, 1.82) is 0 Å². The third kappa shape index (κ3) is 3.23. The zero-order valence-electron chi connectivity index (χ0n) is 11.4. The lowest BCUT2D eigenvalue weighted by molar-refractivity contribution is 0.276. The van der Waals surface area contributed by atoms with Crippen molar-refractivity contribution >= 4 is 0 Å². The van der Waals surface area contributed by atoms with E-state index in [2.05, 4.69) is 46.0 Å². The Morgan fingerprint density at radius 2 is 2.15 bits per heavy atom. The van der Waals surface area contributed by atoms with Gasteiger partial charge in [0, 0.05) is 37.9 Å². The molecule has 1 fully saturated rings. The number of aliphatic hydroxyl groups is 1. The molecule has 2 unspecified atom stereocenters. The van der Waals surface area contributed by atoms with Crippen LogP contribution < -0.4 is 5.32 Å². The monoisotopic (exact) mass is 272 g/mol. The van der Waals surface area contributed by atoms with Gasteiger partial charge in [0.15, 0.2) is 0 Å². The lowest BCUT2D eigenvalue weighted by Crippen LogP contribution is -2.17. The van der Waals surface area contributed by atoms with E-state index in [1.165, 1.54) is 12.0 Å². The van der Waals surface area contributed by atoms with Crippen LogP contribution in [0.3, 0.4) is 0 Å². The fourth-order valence-electron chi connectivity index (χ4n) is 2.49. The highest BCUT2D eigenvalue weighted by atomic mass is 16.3. The molecule has 0 radical (unpaired) electrons. The number of benzene rings is 1. The molecule has 0 bridgehead atoms. The van der Waals surface area contributed by atoms with Crippen LogP contribution in [-0.4, -0.2) is 32.7 Å². The van der Waals surface area contributed by atoms with E-state index in [1.54, 1.807) is 4.68 Å². The Hall–Kier alpha value is -1.72. The Bertz CT molecular complexity index is 540. The molecule has 20 heavy (non-hydrogen) atoms. The Morgan fingerprint density at radius 3 is 2.95 bits per heavy atom. The standard InChI is InChI=1S/C15H20N4O/c20-8-4-7-19-11-13(17-18-19)10-16-15-9-14(15)12-5-2-1-3-6-12/h1-3,5-6,11,14-16,20H,4,7-10H2. The average Bonchev–Trinajstić information content (AvgIpc) is 3.14. The Kier molecular flexibility index (Phi) is 4.08. The molecule has 106 valence electrons. The van der Waals surface area contributed by atoms with Gasteiger partial charge in [-0.05, 0) is 18.4 Å². The second-order valence-corrected chi connectivity index (χ2v) is 5.29. The molecule has 1 aliphatic carbocycles. The summed E-state index contributed by atoms with van der Waals surface area (Å²) < 4.78 is 1.79. The van der Waals surface area contributed by atoms with E-state index >= 15 is 0 Å². The van der Waals surface area contributed by atoms with Crippen LogP contribution in [0, 0.1) is 0 Å². The normalized spacial score (nSPS) is 21.1. The highest BCUT2D eigenvalue weighted by Crippen LogP contribution is 2.40. The minimum Gasteiger partial charge on any atom is -0.396 e. The third-order valence-corrected chi connectivity index (χ3v) is 3.69. The summed E-state index contributed by atoms with van der Waals surface area (Å²) in [7, 11) is 0. The van der Waals surface area contributed by atoms with Crippen LogP contribution in [0.4, 0.5) is 0 Å². The van der Waals surface area contributed by atoms with Gasteiger partial charge >= 0.3 is 0 Å². The number of aliphatic hydroxyl groups excluding tert-OH is 1. The first-order chi connectivity index (χ1) is 9.86. The number of rotatable bonds is 7. The predicted molar refractivity (Wildman–Crippen MR) is 76.2 cm³/mol. The van der Waals surface area contributed by atoms with Crippen molar-refractivity contribution in [3.05, 3.63) is 47.8 Å². The molecule has 3 rings (SSSR count). The number of aryl methyl sites for hydroxylation is 1. The van der Waals surface area contributed by atoms with E-state index in [9.17, 15) is 0 Å². The minimum absolute atomic E-state index is 0.189. The number of nitrogens with one attached hydrogen (secondary N) is 1. The van der Waals surface area contributed by atoms with Crippen LogP contribution in [0.15, 0.2) is 36.5 Å². The molecule has 0 spiro atoms. The summed E-state index contributed by atoms with van der Waals surface area (Å²) in [6.45, 7) is 1.67. The second-order valence-electron chi connectivity index (χ2n) is 5.29. The molecule has 1 aliphatic rings. The summed E-state index contributed by atoms with van der Waals surface area (Å²) >= 11 is 0. The van der Waals surface area contributed by atoms with Gasteiger partial charge in [-0.2, -0.15) is 0 Å². The van der Waals surface area contributed by atoms with Crippen LogP contribution in [0.1, 0.15) is 30.0 Å². The molecule has 5 nitrogen and oxygen atoms in total. The molecule has 1 aromatic heterocycles. The zero-order valence-corrected chi connectivity index (χ0v) is 11.4. The van der Waals surface area contributed by atoms with Crippen molar-refractivity contribution in [3.63, 3.8) is 0 Å². The molecule has 1 saturated carbocycles. The van der Waals surface area contributed by atoms with E-state index in [1.807, 2.05) is 6.20 Å². The van der Waals surface area contributed by atoms with Gasteiger partial charge in [0.25, 0.3) is 0 Å². The fourth-order valence-corrected chi connectivity index (χ4v) is 2.49. The van der Waals surface area contributed by atoms with Gasteiger partial charge in [-0.15, -0.1) is 5.10 Å². The first kappa shape index (κ1) is 13.3. The largest absolute Gasteiger partial charge is 0.396 e. The van der Waals surface area contributed by atoms with Crippen molar-refractivity contribution in [2.75, 3.05) is 6.61 Å². The van der Waals surface area contributed by atoms with Gasteiger partial charge in [0.05, 0.1) is 5.69 Å². The summed E-state index contributed by atoms with van der Waals surface area (Å²) in [4.78, 5) is 0. The number of hydrogen-bond acceptors (Lipinski definition) is 4. The van der Waals surface area contributed by atoms with Crippen molar-refractivity contribution in [3.8, 4) is 0 Å². The van der Waals surface area contributed by atoms with Crippen LogP contribution in [0.25, 0.3) is 0 Å². The van der Waals surface area contributed by atoms with Crippen molar-refractivity contribution in [2.45, 2.75) is 37.9 Å². The quantitative estimate of drug-likeness (QED) is 0.797. The van der Waals surface area contributed by atoms with Gasteiger partial charge in [-0.1, -0.05) is 35.5 Å². The molecule has 1 aromatic carbocycles. The van der Waals surface area contributed by atoms with E-state index in [4.69, 9.17) is 5.11 Å². The van der Waals surface area contributed by atoms with Crippen LogP contribution in [0.5, 0.6) is 0 Å². The topological polar surface area (TPSA) is 63.0 Å². The predicted octanol–water partition coefficient (Wildman–Crippen LogP) is 1.31. The maximum Gasteiger partial charge on any atom is 0.0964 e. The molecule has 0 amide bonds. The Balaban J connectivity index is 1.46. The number of aromatic nitrogens is 3. The van der Waals surface area contributed by atoms with Crippen LogP contribution >= 0.6 is 0 Å².